The zero-order chi connectivity index (χ0) is 7.84. The lowest BCUT2D eigenvalue weighted by atomic mass is 10.4. The van der Waals surface area contributed by atoms with Crippen molar-refractivity contribution in [3.8, 4) is 0 Å². The third-order valence-corrected chi connectivity index (χ3v) is 2.32. The molecule has 11 heavy (non-hydrogen) atoms. The normalized spacial score (nSPS) is 10.6. The number of halogens is 1. The maximum Gasteiger partial charge on any atom is 0.274 e. The number of fused-ring (bicyclic) bond motifs is 1. The lowest BCUT2D eigenvalue weighted by Gasteiger charge is -1.87. The summed E-state index contributed by atoms with van der Waals surface area (Å²) in [7, 11) is 0. The van der Waals surface area contributed by atoms with Gasteiger partial charge in [0.1, 0.15) is 0 Å². The maximum absolute atomic E-state index is 11.1. The van der Waals surface area contributed by atoms with Gasteiger partial charge in [-0.25, -0.2) is 4.98 Å². The van der Waals surface area contributed by atoms with E-state index in [1.54, 1.807) is 12.3 Å². The Morgan fingerprint density at radius 3 is 3.00 bits per heavy atom. The van der Waals surface area contributed by atoms with Crippen LogP contribution in [0.25, 0.3) is 11.0 Å². The first kappa shape index (κ1) is 6.84. The second-order valence-electron chi connectivity index (χ2n) is 2.10. The van der Waals surface area contributed by atoms with Gasteiger partial charge in [-0.3, -0.25) is 15.0 Å². The van der Waals surface area contributed by atoms with Gasteiger partial charge >= 0.3 is 0 Å². The Labute approximate surface area is 75.2 Å². The summed E-state index contributed by atoms with van der Waals surface area (Å²) in [6, 6.07) is 1.80. The summed E-state index contributed by atoms with van der Waals surface area (Å²) < 4.78 is 0.912. The molecule has 2 heterocycles. The van der Waals surface area contributed by atoms with E-state index in [1.165, 1.54) is 0 Å². The van der Waals surface area contributed by atoms with E-state index < -0.39 is 0 Å². The standard InChI is InChI=1S/C6H4IN3O/c7-3-1-2-8-5-4(3)6(11)10-9-5/h1-2H,(H2,8,9,10,11). The SMILES string of the molecule is O=c1[nH][nH]c2nccc(I)c12. The number of nitrogens with one attached hydrogen (secondary N) is 2. The van der Waals surface area contributed by atoms with Crippen molar-refractivity contribution in [2.75, 3.05) is 0 Å². The van der Waals surface area contributed by atoms with Gasteiger partial charge in [0.15, 0.2) is 5.65 Å². The largest absolute Gasteiger partial charge is 0.281 e. The fourth-order valence-corrected chi connectivity index (χ4v) is 1.59. The number of hydrogen-bond donors (Lipinski definition) is 2. The molecule has 0 amide bonds. The predicted octanol–water partition coefficient (Wildman–Crippen LogP) is 0.856. The molecule has 0 aliphatic heterocycles. The van der Waals surface area contributed by atoms with E-state index in [1.807, 2.05) is 0 Å². The van der Waals surface area contributed by atoms with Crippen LogP contribution in [0.3, 0.4) is 0 Å². The summed E-state index contributed by atoms with van der Waals surface area (Å²) in [5, 5.41) is 5.78. The molecule has 2 N–H and O–H groups in total. The lowest BCUT2D eigenvalue weighted by Crippen LogP contribution is -1.98. The number of pyridine rings is 1. The molecule has 0 saturated carbocycles. The van der Waals surface area contributed by atoms with Crippen LogP contribution in [0.2, 0.25) is 0 Å². The van der Waals surface area contributed by atoms with E-state index in [0.717, 1.165) is 3.57 Å². The minimum Gasteiger partial charge on any atom is -0.281 e. The van der Waals surface area contributed by atoms with Crippen LogP contribution in [0.5, 0.6) is 0 Å². The number of nitrogens with zero attached hydrogens (tertiary/aromatic N) is 1. The Kier molecular flexibility index (Phi) is 1.45. The summed E-state index contributed by atoms with van der Waals surface area (Å²) in [5.74, 6) is 0. The minimum absolute atomic E-state index is 0.113. The zero-order valence-corrected chi connectivity index (χ0v) is 7.55. The molecule has 2 aromatic rings. The Bertz CT molecular complexity index is 444. The van der Waals surface area contributed by atoms with Crippen molar-refractivity contribution >= 4 is 33.6 Å². The number of hydrogen-bond acceptors (Lipinski definition) is 2. The van der Waals surface area contributed by atoms with Crippen molar-refractivity contribution in [3.63, 3.8) is 0 Å². The molecular formula is C6H4IN3O. The van der Waals surface area contributed by atoms with Crippen molar-refractivity contribution < 1.29 is 0 Å². The molecule has 0 aliphatic rings. The molecule has 0 atom stereocenters. The van der Waals surface area contributed by atoms with E-state index >= 15 is 0 Å². The highest BCUT2D eigenvalue weighted by molar-refractivity contribution is 14.1. The quantitative estimate of drug-likeness (QED) is 0.691. The van der Waals surface area contributed by atoms with Crippen molar-refractivity contribution in [1.82, 2.24) is 15.2 Å². The molecule has 0 radical (unpaired) electrons. The summed E-state index contributed by atoms with van der Waals surface area (Å²) in [6.07, 6.45) is 1.66. The van der Waals surface area contributed by atoms with Crippen LogP contribution in [-0.2, 0) is 0 Å². The van der Waals surface area contributed by atoms with E-state index in [2.05, 4.69) is 37.8 Å². The smallest absolute Gasteiger partial charge is 0.274 e. The maximum atomic E-state index is 11.1. The summed E-state index contributed by atoms with van der Waals surface area (Å²) in [4.78, 5) is 15.0. The average molecular weight is 261 g/mol. The molecule has 0 unspecified atom stereocenters. The molecule has 0 aliphatic carbocycles. The predicted molar refractivity (Wildman–Crippen MR) is 49.4 cm³/mol. The first-order chi connectivity index (χ1) is 5.29. The first-order valence-corrected chi connectivity index (χ1v) is 4.08. The topological polar surface area (TPSA) is 61.5 Å². The minimum atomic E-state index is -0.113. The fraction of sp³-hybridized carbons (Fsp3) is 0. The fourth-order valence-electron chi connectivity index (χ4n) is 0.927. The van der Waals surface area contributed by atoms with Crippen LogP contribution in [-0.4, -0.2) is 15.2 Å². The van der Waals surface area contributed by atoms with Gasteiger partial charge in [-0.05, 0) is 28.7 Å². The second kappa shape index (κ2) is 2.33. The van der Waals surface area contributed by atoms with E-state index in [0.29, 0.717) is 11.0 Å². The first-order valence-electron chi connectivity index (χ1n) is 3.00. The summed E-state index contributed by atoms with van der Waals surface area (Å²) in [5.41, 5.74) is 0.499. The average Bonchev–Trinajstić information content (AvgIpc) is 2.34. The summed E-state index contributed by atoms with van der Waals surface area (Å²) >= 11 is 2.10. The monoisotopic (exact) mass is 261 g/mol. The van der Waals surface area contributed by atoms with Gasteiger partial charge in [0.2, 0.25) is 0 Å². The second-order valence-corrected chi connectivity index (χ2v) is 3.26. The van der Waals surface area contributed by atoms with E-state index in [9.17, 15) is 4.79 Å². The molecule has 0 fully saturated rings. The molecule has 2 rings (SSSR count). The number of rotatable bonds is 0. The van der Waals surface area contributed by atoms with Gasteiger partial charge in [0.25, 0.3) is 5.56 Å². The van der Waals surface area contributed by atoms with Crippen molar-refractivity contribution in [1.29, 1.82) is 0 Å². The van der Waals surface area contributed by atoms with Crippen LogP contribution in [0.15, 0.2) is 17.1 Å². The molecule has 0 spiro atoms. The molecule has 0 saturated heterocycles. The lowest BCUT2D eigenvalue weighted by molar-refractivity contribution is 1.06. The van der Waals surface area contributed by atoms with Crippen molar-refractivity contribution in [3.05, 3.63) is 26.2 Å². The van der Waals surface area contributed by atoms with Crippen LogP contribution in [0.1, 0.15) is 0 Å². The Balaban J connectivity index is 3.08. The van der Waals surface area contributed by atoms with E-state index in [4.69, 9.17) is 0 Å². The number of H-pyrrole nitrogens is 2. The van der Waals surface area contributed by atoms with Crippen LogP contribution in [0, 0.1) is 3.57 Å². The Morgan fingerprint density at radius 2 is 2.27 bits per heavy atom. The van der Waals surface area contributed by atoms with Crippen LogP contribution in [0.4, 0.5) is 0 Å². The molecule has 0 aromatic carbocycles. The third-order valence-electron chi connectivity index (χ3n) is 1.42. The number of aromatic amines is 2. The van der Waals surface area contributed by atoms with Crippen LogP contribution >= 0.6 is 22.6 Å². The van der Waals surface area contributed by atoms with Crippen LogP contribution < -0.4 is 5.56 Å². The molecule has 56 valence electrons. The molecular weight excluding hydrogens is 257 g/mol. The summed E-state index contributed by atoms with van der Waals surface area (Å²) in [6.45, 7) is 0. The van der Waals surface area contributed by atoms with Gasteiger partial charge in [-0.15, -0.1) is 0 Å². The highest BCUT2D eigenvalue weighted by Crippen LogP contribution is 2.11. The zero-order valence-electron chi connectivity index (χ0n) is 5.39. The van der Waals surface area contributed by atoms with Gasteiger partial charge < -0.3 is 0 Å². The van der Waals surface area contributed by atoms with Gasteiger partial charge in [-0.2, -0.15) is 0 Å². The van der Waals surface area contributed by atoms with Gasteiger partial charge in [-0.1, -0.05) is 0 Å². The van der Waals surface area contributed by atoms with Crippen molar-refractivity contribution in [2.45, 2.75) is 0 Å². The Morgan fingerprint density at radius 1 is 1.45 bits per heavy atom. The van der Waals surface area contributed by atoms with Gasteiger partial charge in [0.05, 0.1) is 5.39 Å². The van der Waals surface area contributed by atoms with Crippen molar-refractivity contribution in [2.24, 2.45) is 0 Å². The molecule has 2 aromatic heterocycles. The highest BCUT2D eigenvalue weighted by Gasteiger charge is 2.03. The third kappa shape index (κ3) is 0.953. The van der Waals surface area contributed by atoms with Gasteiger partial charge in [0, 0.05) is 9.77 Å². The Hall–Kier alpha value is -0.850. The molecule has 5 heteroatoms. The van der Waals surface area contributed by atoms with E-state index in [-0.39, 0.29) is 5.56 Å². The molecule has 4 nitrogen and oxygen atoms in total. The highest BCUT2D eigenvalue weighted by atomic mass is 127. The molecule has 0 bridgehead atoms. The number of aromatic nitrogens is 3.